The molecule has 1 heterocycles. The van der Waals surface area contributed by atoms with Crippen LogP contribution in [-0.4, -0.2) is 37.6 Å². The highest BCUT2D eigenvalue weighted by atomic mass is 19.4. The number of piperazine rings is 1. The summed E-state index contributed by atoms with van der Waals surface area (Å²) in [6, 6.07) is 5.66. The number of hydrogen-bond donors (Lipinski definition) is 0. The van der Waals surface area contributed by atoms with E-state index in [0.717, 1.165) is 51.6 Å². The lowest BCUT2D eigenvalue weighted by molar-refractivity contribution is -0.137. The van der Waals surface area contributed by atoms with Gasteiger partial charge in [0.2, 0.25) is 0 Å². The molecule has 0 N–H and O–H groups in total. The smallest absolute Gasteiger partial charge is 0.369 e. The molecule has 142 valence electrons. The molecule has 1 atom stereocenters. The van der Waals surface area contributed by atoms with Crippen molar-refractivity contribution in [3.8, 4) is 0 Å². The van der Waals surface area contributed by atoms with Crippen molar-refractivity contribution in [1.82, 2.24) is 4.90 Å². The van der Waals surface area contributed by atoms with Gasteiger partial charge in [-0.1, -0.05) is 29.9 Å². The predicted octanol–water partition coefficient (Wildman–Crippen LogP) is 5.13. The molecule has 1 aromatic rings. The van der Waals surface area contributed by atoms with Gasteiger partial charge in [-0.2, -0.15) is 13.2 Å². The Kier molecular flexibility index (Phi) is 5.76. The molecule has 1 aromatic carbocycles. The summed E-state index contributed by atoms with van der Waals surface area (Å²) in [6.07, 6.45) is 1.49. The van der Waals surface area contributed by atoms with Crippen LogP contribution in [0.25, 0.3) is 0 Å². The lowest BCUT2D eigenvalue weighted by atomic mass is 9.85. The number of rotatable bonds is 4. The monoisotopic (exact) mass is 364 g/mol. The van der Waals surface area contributed by atoms with Gasteiger partial charge in [0.05, 0.1) is 5.56 Å². The van der Waals surface area contributed by atoms with Crippen molar-refractivity contribution < 1.29 is 13.2 Å². The quantitative estimate of drug-likeness (QED) is 0.684. The highest BCUT2D eigenvalue weighted by molar-refractivity contribution is 5.49. The molecule has 0 radical (unpaired) electrons. The zero-order valence-corrected chi connectivity index (χ0v) is 15.4. The minimum atomic E-state index is -4.28. The van der Waals surface area contributed by atoms with Gasteiger partial charge >= 0.3 is 6.18 Å². The summed E-state index contributed by atoms with van der Waals surface area (Å²) in [7, 11) is 0. The van der Waals surface area contributed by atoms with Crippen LogP contribution in [0.3, 0.4) is 0 Å². The fourth-order valence-electron chi connectivity index (χ4n) is 3.81. The van der Waals surface area contributed by atoms with E-state index in [1.807, 2.05) is 0 Å². The molecule has 2 nitrogen and oxygen atoms in total. The van der Waals surface area contributed by atoms with E-state index in [1.165, 1.54) is 29.7 Å². The normalized spacial score (nSPS) is 22.2. The maximum atomic E-state index is 12.9. The molecule has 2 aliphatic rings. The molecule has 26 heavy (non-hydrogen) atoms. The van der Waals surface area contributed by atoms with Crippen LogP contribution in [0.15, 0.2) is 48.1 Å². The summed E-state index contributed by atoms with van der Waals surface area (Å²) < 4.78 is 38.7. The molecular formula is C21H27F3N2. The van der Waals surface area contributed by atoms with Crippen LogP contribution in [0.5, 0.6) is 0 Å². The molecule has 0 spiro atoms. The van der Waals surface area contributed by atoms with E-state index in [2.05, 4.69) is 29.4 Å². The average Bonchev–Trinajstić information content (AvgIpc) is 2.62. The molecule has 1 aliphatic carbocycles. The van der Waals surface area contributed by atoms with E-state index in [9.17, 15) is 13.2 Å². The molecule has 0 amide bonds. The number of alkyl halides is 3. The van der Waals surface area contributed by atoms with E-state index in [-0.39, 0.29) is 0 Å². The van der Waals surface area contributed by atoms with Crippen molar-refractivity contribution >= 4 is 5.69 Å². The van der Waals surface area contributed by atoms with Crippen LogP contribution >= 0.6 is 0 Å². The van der Waals surface area contributed by atoms with Crippen LogP contribution in [0.4, 0.5) is 18.9 Å². The minimum Gasteiger partial charge on any atom is -0.369 e. The molecule has 3 rings (SSSR count). The Morgan fingerprint density at radius 1 is 1.19 bits per heavy atom. The number of anilines is 1. The van der Waals surface area contributed by atoms with Crippen molar-refractivity contribution in [3.05, 3.63) is 53.6 Å². The Hall–Kier alpha value is -1.75. The van der Waals surface area contributed by atoms with E-state index >= 15 is 0 Å². The molecule has 0 aromatic heterocycles. The highest BCUT2D eigenvalue weighted by Crippen LogP contribution is 2.32. The van der Waals surface area contributed by atoms with Gasteiger partial charge < -0.3 is 4.90 Å². The Balaban J connectivity index is 1.53. The Morgan fingerprint density at radius 3 is 2.50 bits per heavy atom. The standard InChI is InChI=1S/C21H27F3N2/c1-16(2)18-8-6-17(7-9-18)15-25-10-12-26(13-11-25)20-5-3-4-19(14-20)21(22,23)24/h3-6,14,18H,1,7-13,15H2,2H3. The number of allylic oxidation sites excluding steroid dienone is 2. The Morgan fingerprint density at radius 2 is 1.92 bits per heavy atom. The first-order chi connectivity index (χ1) is 12.3. The van der Waals surface area contributed by atoms with Gasteiger partial charge in [0.1, 0.15) is 0 Å². The highest BCUT2D eigenvalue weighted by Gasteiger charge is 2.31. The number of nitrogens with zero attached hydrogens (tertiary/aromatic N) is 2. The molecule has 5 heteroatoms. The molecule has 0 bridgehead atoms. The maximum absolute atomic E-state index is 12.9. The van der Waals surface area contributed by atoms with Crippen LogP contribution < -0.4 is 4.90 Å². The zero-order chi connectivity index (χ0) is 18.7. The van der Waals surface area contributed by atoms with Crippen LogP contribution in [0, 0.1) is 5.92 Å². The Labute approximate surface area is 154 Å². The summed E-state index contributed by atoms with van der Waals surface area (Å²) in [4.78, 5) is 4.47. The molecular weight excluding hydrogens is 337 g/mol. The number of benzene rings is 1. The topological polar surface area (TPSA) is 6.48 Å². The SMILES string of the molecule is C=C(C)C1CC=C(CN2CCN(c3cccc(C(F)(F)F)c3)CC2)CC1. The summed E-state index contributed by atoms with van der Waals surface area (Å²) in [5.74, 6) is 0.622. The van der Waals surface area contributed by atoms with Gasteiger partial charge in [-0.05, 0) is 50.3 Å². The first kappa shape index (κ1) is 19.0. The third-order valence-electron chi connectivity index (χ3n) is 5.54. The largest absolute Gasteiger partial charge is 0.416 e. The second kappa shape index (κ2) is 7.87. The van der Waals surface area contributed by atoms with E-state index in [0.29, 0.717) is 11.6 Å². The van der Waals surface area contributed by atoms with Crippen molar-refractivity contribution in [3.63, 3.8) is 0 Å². The Bertz CT molecular complexity index is 670. The molecule has 1 saturated heterocycles. The summed E-state index contributed by atoms with van der Waals surface area (Å²) in [6.45, 7) is 10.5. The molecule has 1 aliphatic heterocycles. The minimum absolute atomic E-state index is 0.572. The first-order valence-electron chi connectivity index (χ1n) is 9.31. The van der Waals surface area contributed by atoms with E-state index < -0.39 is 11.7 Å². The summed E-state index contributed by atoms with van der Waals surface area (Å²) >= 11 is 0. The maximum Gasteiger partial charge on any atom is 0.416 e. The van der Waals surface area contributed by atoms with Gasteiger partial charge in [0.15, 0.2) is 0 Å². The number of hydrogen-bond acceptors (Lipinski definition) is 2. The lowest BCUT2D eigenvalue weighted by Gasteiger charge is -2.37. The number of halogens is 3. The summed E-state index contributed by atoms with van der Waals surface area (Å²) in [5.41, 5.74) is 2.86. The average molecular weight is 364 g/mol. The van der Waals surface area contributed by atoms with Crippen molar-refractivity contribution in [1.29, 1.82) is 0 Å². The second-order valence-corrected chi connectivity index (χ2v) is 7.49. The summed E-state index contributed by atoms with van der Waals surface area (Å²) in [5, 5.41) is 0. The first-order valence-corrected chi connectivity index (χ1v) is 9.31. The van der Waals surface area contributed by atoms with Gasteiger partial charge in [-0.15, -0.1) is 0 Å². The van der Waals surface area contributed by atoms with Crippen LogP contribution in [0.1, 0.15) is 31.7 Å². The second-order valence-electron chi connectivity index (χ2n) is 7.49. The van der Waals surface area contributed by atoms with Crippen molar-refractivity contribution in [2.75, 3.05) is 37.6 Å². The molecule has 0 saturated carbocycles. The predicted molar refractivity (Wildman–Crippen MR) is 100 cm³/mol. The molecule has 1 unspecified atom stereocenters. The van der Waals surface area contributed by atoms with Gasteiger partial charge in [-0.25, -0.2) is 0 Å². The third-order valence-corrected chi connectivity index (χ3v) is 5.54. The fraction of sp³-hybridized carbons (Fsp3) is 0.524. The van der Waals surface area contributed by atoms with E-state index in [1.54, 1.807) is 6.07 Å². The van der Waals surface area contributed by atoms with Gasteiger partial charge in [-0.3, -0.25) is 4.90 Å². The van der Waals surface area contributed by atoms with Gasteiger partial charge in [0.25, 0.3) is 0 Å². The third kappa shape index (κ3) is 4.70. The lowest BCUT2D eigenvalue weighted by Crippen LogP contribution is -2.47. The van der Waals surface area contributed by atoms with Crippen molar-refractivity contribution in [2.45, 2.75) is 32.4 Å². The molecule has 1 fully saturated rings. The van der Waals surface area contributed by atoms with E-state index in [4.69, 9.17) is 0 Å². The van der Waals surface area contributed by atoms with Gasteiger partial charge in [0, 0.05) is 38.4 Å². The van der Waals surface area contributed by atoms with Crippen LogP contribution in [0.2, 0.25) is 0 Å². The van der Waals surface area contributed by atoms with Crippen molar-refractivity contribution in [2.24, 2.45) is 5.92 Å². The fourth-order valence-corrected chi connectivity index (χ4v) is 3.81. The zero-order valence-electron chi connectivity index (χ0n) is 15.4. The van der Waals surface area contributed by atoms with Crippen LogP contribution in [-0.2, 0) is 6.18 Å².